The lowest BCUT2D eigenvalue weighted by molar-refractivity contribution is -0.111. The van der Waals surface area contributed by atoms with Gasteiger partial charge < -0.3 is 9.88 Å². The molecule has 6 nitrogen and oxygen atoms in total. The molecule has 1 N–H and O–H groups in total. The number of pyridine rings is 2. The first-order valence-electron chi connectivity index (χ1n) is 10.5. The average Bonchev–Trinajstić information content (AvgIpc) is 3.36. The molecule has 32 heavy (non-hydrogen) atoms. The number of hydrogen-bond donors (Lipinski definition) is 1. The van der Waals surface area contributed by atoms with E-state index in [0.717, 1.165) is 29.6 Å². The maximum absolute atomic E-state index is 12.6. The van der Waals surface area contributed by atoms with E-state index in [1.165, 1.54) is 17.2 Å². The Balaban J connectivity index is 1.63. The molecule has 1 aromatic carbocycles. The average molecular weight is 419 g/mol. The van der Waals surface area contributed by atoms with Gasteiger partial charge in [-0.05, 0) is 61.2 Å². The number of carbonyl (C=O) groups excluding carboxylic acids is 1. The molecule has 1 aliphatic carbocycles. The minimum atomic E-state index is -0.283. The van der Waals surface area contributed by atoms with E-state index in [1.807, 2.05) is 25.1 Å². The molecule has 1 unspecified atom stereocenters. The highest BCUT2D eigenvalue weighted by Gasteiger charge is 2.29. The summed E-state index contributed by atoms with van der Waals surface area (Å²) in [6.45, 7) is 1.95. The number of aromatic nitrogens is 3. The summed E-state index contributed by atoms with van der Waals surface area (Å²) < 4.78 is 2.13. The Labute approximate surface area is 185 Å². The van der Waals surface area contributed by atoms with Crippen molar-refractivity contribution in [3.8, 4) is 6.07 Å². The van der Waals surface area contributed by atoms with Crippen LogP contribution in [-0.4, -0.2) is 20.4 Å². The summed E-state index contributed by atoms with van der Waals surface area (Å²) in [5.74, 6) is -0.283. The van der Waals surface area contributed by atoms with Gasteiger partial charge in [0.1, 0.15) is 11.7 Å². The van der Waals surface area contributed by atoms with Gasteiger partial charge in [0, 0.05) is 23.4 Å². The van der Waals surface area contributed by atoms with E-state index in [-0.39, 0.29) is 11.9 Å². The molecule has 6 heteroatoms. The zero-order chi connectivity index (χ0) is 22.1. The highest BCUT2D eigenvalue weighted by atomic mass is 16.1. The third kappa shape index (κ3) is 3.44. The number of fused-ring (bicyclic) bond motifs is 2. The van der Waals surface area contributed by atoms with Crippen molar-refractivity contribution in [2.45, 2.75) is 25.8 Å². The third-order valence-electron chi connectivity index (χ3n) is 5.87. The molecule has 0 saturated carbocycles. The molecule has 156 valence electrons. The summed E-state index contributed by atoms with van der Waals surface area (Å²) in [5.41, 5.74) is 6.06. The summed E-state index contributed by atoms with van der Waals surface area (Å²) in [6.07, 6.45) is 8.32. The lowest BCUT2D eigenvalue weighted by atomic mass is 10.1. The molecule has 3 aromatic heterocycles. The zero-order valence-corrected chi connectivity index (χ0v) is 17.6. The number of rotatable bonds is 4. The highest BCUT2D eigenvalue weighted by Crippen LogP contribution is 2.39. The fourth-order valence-corrected chi connectivity index (χ4v) is 4.47. The van der Waals surface area contributed by atoms with E-state index in [4.69, 9.17) is 4.98 Å². The lowest BCUT2D eigenvalue weighted by Crippen LogP contribution is -2.11. The number of hydrogen-bond acceptors (Lipinski definition) is 4. The molecule has 1 amide bonds. The zero-order valence-electron chi connectivity index (χ0n) is 17.6. The van der Waals surface area contributed by atoms with Gasteiger partial charge in [0.2, 0.25) is 5.91 Å². The molecule has 0 aliphatic heterocycles. The van der Waals surface area contributed by atoms with Crippen molar-refractivity contribution in [1.29, 1.82) is 5.26 Å². The third-order valence-corrected chi connectivity index (χ3v) is 5.87. The van der Waals surface area contributed by atoms with E-state index in [9.17, 15) is 10.1 Å². The molecule has 1 atom stereocenters. The molecular weight excluding hydrogens is 398 g/mol. The van der Waals surface area contributed by atoms with E-state index in [0.29, 0.717) is 16.9 Å². The minimum Gasteiger partial charge on any atom is -0.321 e. The van der Waals surface area contributed by atoms with E-state index >= 15 is 0 Å². The minimum absolute atomic E-state index is 0.0612. The van der Waals surface area contributed by atoms with Gasteiger partial charge in [-0.1, -0.05) is 24.3 Å². The molecule has 0 saturated heterocycles. The van der Waals surface area contributed by atoms with Gasteiger partial charge in [-0.2, -0.15) is 5.26 Å². The molecule has 4 aromatic rings. The van der Waals surface area contributed by atoms with Crippen molar-refractivity contribution >= 4 is 28.7 Å². The summed E-state index contributed by atoms with van der Waals surface area (Å²) in [6, 6.07) is 18.2. The number of nitrogens with one attached hydrogen (secondary N) is 1. The van der Waals surface area contributed by atoms with Gasteiger partial charge >= 0.3 is 0 Å². The van der Waals surface area contributed by atoms with Crippen molar-refractivity contribution in [2.24, 2.45) is 0 Å². The van der Waals surface area contributed by atoms with E-state index in [2.05, 4.69) is 39.1 Å². The number of nitriles is 1. The highest BCUT2D eigenvalue weighted by molar-refractivity contribution is 6.02. The Hall–Kier alpha value is -4.24. The molecule has 0 fully saturated rings. The molecule has 3 heterocycles. The number of nitrogens with zero attached hydrogens (tertiary/aromatic N) is 4. The number of aryl methyl sites for hydroxylation is 2. The van der Waals surface area contributed by atoms with Crippen molar-refractivity contribution in [3.05, 3.63) is 95.1 Å². The molecule has 0 spiro atoms. The molecular formula is C26H21N5O. The predicted octanol–water partition coefficient (Wildman–Crippen LogP) is 4.80. The predicted molar refractivity (Wildman–Crippen MR) is 124 cm³/mol. The maximum Gasteiger partial charge on any atom is 0.248 e. The quantitative estimate of drug-likeness (QED) is 0.482. The Morgan fingerprint density at radius 3 is 2.91 bits per heavy atom. The first-order chi connectivity index (χ1) is 15.7. The monoisotopic (exact) mass is 419 g/mol. The van der Waals surface area contributed by atoms with Crippen molar-refractivity contribution in [1.82, 2.24) is 14.5 Å². The topological polar surface area (TPSA) is 83.6 Å². The Morgan fingerprint density at radius 2 is 2.09 bits per heavy atom. The number of benzene rings is 1. The summed E-state index contributed by atoms with van der Waals surface area (Å²) in [5, 5.41) is 13.6. The Morgan fingerprint density at radius 1 is 1.22 bits per heavy atom. The second-order valence-corrected chi connectivity index (χ2v) is 7.88. The number of carbonyl (C=O) groups is 1. The normalized spacial score (nSPS) is 15.1. The fraction of sp³-hybridized carbons (Fsp3) is 0.154. The number of anilines is 1. The molecule has 1 aliphatic rings. The van der Waals surface area contributed by atoms with Crippen molar-refractivity contribution in [3.63, 3.8) is 0 Å². The molecule has 0 radical (unpaired) electrons. The largest absolute Gasteiger partial charge is 0.321 e. The second-order valence-electron chi connectivity index (χ2n) is 7.88. The standard InChI is InChI=1S/C26H21N5O/c1-17-8-10-21-22(15-27)24(12-13-25(32)30-19-6-4-14-28-16-19)31(26(21)29-17)23-11-9-18-5-2-3-7-20(18)23/h2-8,10,12-14,16,23H,9,11H2,1H3,(H,30,32)/b13-12+. The van der Waals surface area contributed by atoms with Crippen LogP contribution in [0.15, 0.2) is 67.0 Å². The first kappa shape index (κ1) is 19.7. The second kappa shape index (κ2) is 8.12. The molecule has 5 rings (SSSR count). The SMILES string of the molecule is Cc1ccc2c(C#N)c(/C=C/C(=O)Nc3cccnc3)n(C3CCc4ccccc43)c2n1. The first-order valence-corrected chi connectivity index (χ1v) is 10.5. The van der Waals surface area contributed by atoms with Crippen molar-refractivity contribution in [2.75, 3.05) is 5.32 Å². The van der Waals surface area contributed by atoms with Crippen molar-refractivity contribution < 1.29 is 4.79 Å². The summed E-state index contributed by atoms with van der Waals surface area (Å²) in [4.78, 5) is 21.4. The van der Waals surface area contributed by atoms with Crippen LogP contribution in [0.4, 0.5) is 5.69 Å². The summed E-state index contributed by atoms with van der Waals surface area (Å²) >= 11 is 0. The van der Waals surface area contributed by atoms with Crippen LogP contribution >= 0.6 is 0 Å². The van der Waals surface area contributed by atoms with Crippen LogP contribution in [0, 0.1) is 18.3 Å². The van der Waals surface area contributed by atoms with Crippen LogP contribution < -0.4 is 5.32 Å². The van der Waals surface area contributed by atoms with E-state index in [1.54, 1.807) is 30.6 Å². The van der Waals surface area contributed by atoms with Gasteiger partial charge in [0.25, 0.3) is 0 Å². The lowest BCUT2D eigenvalue weighted by Gasteiger charge is -2.18. The fourth-order valence-electron chi connectivity index (χ4n) is 4.47. The maximum atomic E-state index is 12.6. The smallest absolute Gasteiger partial charge is 0.248 e. The number of amides is 1. The van der Waals surface area contributed by atoms with Gasteiger partial charge in [0.15, 0.2) is 0 Å². The van der Waals surface area contributed by atoms with Crippen LogP contribution in [0.2, 0.25) is 0 Å². The van der Waals surface area contributed by atoms with Crippen LogP contribution in [-0.2, 0) is 11.2 Å². The van der Waals surface area contributed by atoms with Gasteiger partial charge in [-0.15, -0.1) is 0 Å². The van der Waals surface area contributed by atoms with Gasteiger partial charge in [-0.25, -0.2) is 4.98 Å². The molecule has 0 bridgehead atoms. The Bertz CT molecular complexity index is 1400. The van der Waals surface area contributed by atoms with Crippen LogP contribution in [0.1, 0.15) is 40.5 Å². The van der Waals surface area contributed by atoms with Gasteiger partial charge in [0.05, 0.1) is 29.2 Å². The van der Waals surface area contributed by atoms with Gasteiger partial charge in [-0.3, -0.25) is 9.78 Å². The van der Waals surface area contributed by atoms with E-state index < -0.39 is 0 Å². The van der Waals surface area contributed by atoms with Crippen LogP contribution in [0.5, 0.6) is 0 Å². The van der Waals surface area contributed by atoms with Crippen LogP contribution in [0.3, 0.4) is 0 Å². The van der Waals surface area contributed by atoms with Crippen LogP contribution in [0.25, 0.3) is 17.1 Å². The summed E-state index contributed by atoms with van der Waals surface area (Å²) in [7, 11) is 0. The Kier molecular flexibility index (Phi) is 5.00.